The van der Waals surface area contributed by atoms with Gasteiger partial charge < -0.3 is 25.0 Å². The number of hydrogen-bond donors (Lipinski definition) is 2. The zero-order valence-corrected chi connectivity index (χ0v) is 20.5. The predicted octanol–water partition coefficient (Wildman–Crippen LogP) is 3.41. The fraction of sp³-hybridized carbons (Fsp3) is 0.667. The van der Waals surface area contributed by atoms with Crippen LogP contribution in [0.5, 0.6) is 5.75 Å². The maximum atomic E-state index is 13.2. The normalized spacial score (nSPS) is 15.7. The molecule has 0 radical (unpaired) electrons. The van der Waals surface area contributed by atoms with E-state index in [1.54, 1.807) is 0 Å². The van der Waals surface area contributed by atoms with Gasteiger partial charge in [0.2, 0.25) is 0 Å². The van der Waals surface area contributed by atoms with E-state index < -0.39 is 11.6 Å². The van der Waals surface area contributed by atoms with Gasteiger partial charge in [-0.25, -0.2) is 13.8 Å². The molecule has 0 amide bonds. The average Bonchev–Trinajstić information content (AvgIpc) is 2.69. The Balaban J connectivity index is 0.00000450. The van der Waals surface area contributed by atoms with E-state index >= 15 is 0 Å². The van der Waals surface area contributed by atoms with Crippen molar-refractivity contribution in [1.82, 2.24) is 15.5 Å². The lowest BCUT2D eigenvalue weighted by Crippen LogP contribution is -2.49. The molecule has 1 aromatic rings. The molecule has 1 heterocycles. The van der Waals surface area contributed by atoms with Gasteiger partial charge in [-0.2, -0.15) is 0 Å². The van der Waals surface area contributed by atoms with E-state index in [1.807, 2.05) is 6.92 Å². The van der Waals surface area contributed by atoms with Gasteiger partial charge in [-0.15, -0.1) is 24.0 Å². The molecule has 2 rings (SSSR count). The molecule has 172 valence electrons. The Hall–Kier alpha value is -1.20. The zero-order valence-electron chi connectivity index (χ0n) is 18.1. The monoisotopic (exact) mass is 540 g/mol. The molecule has 0 bridgehead atoms. The number of ether oxygens (including phenoxy) is 2. The van der Waals surface area contributed by atoms with E-state index in [-0.39, 0.29) is 36.7 Å². The minimum absolute atomic E-state index is 0. The van der Waals surface area contributed by atoms with Crippen LogP contribution in [0.2, 0.25) is 0 Å². The van der Waals surface area contributed by atoms with Crippen molar-refractivity contribution in [3.63, 3.8) is 0 Å². The highest BCUT2D eigenvalue weighted by Crippen LogP contribution is 2.15. The number of guanidine groups is 1. The number of rotatable bonds is 10. The summed E-state index contributed by atoms with van der Waals surface area (Å²) >= 11 is 0. The first-order valence-corrected chi connectivity index (χ1v) is 10.4. The molecule has 0 aliphatic carbocycles. The summed E-state index contributed by atoms with van der Waals surface area (Å²) in [4.78, 5) is 6.95. The first-order valence-electron chi connectivity index (χ1n) is 10.4. The van der Waals surface area contributed by atoms with Gasteiger partial charge in [-0.1, -0.05) is 0 Å². The molecule has 1 saturated heterocycles. The van der Waals surface area contributed by atoms with Crippen molar-refractivity contribution >= 4 is 29.9 Å². The Kier molecular flexibility index (Phi) is 13.2. The summed E-state index contributed by atoms with van der Waals surface area (Å²) in [6.07, 6.45) is 2.38. The van der Waals surface area contributed by atoms with Gasteiger partial charge in [0.15, 0.2) is 17.6 Å². The van der Waals surface area contributed by atoms with E-state index in [0.717, 1.165) is 63.7 Å². The van der Waals surface area contributed by atoms with Gasteiger partial charge in [0.1, 0.15) is 12.4 Å². The Bertz CT molecular complexity index is 641. The molecular formula is C21H35F2IN4O2. The van der Waals surface area contributed by atoms with Crippen LogP contribution in [0.4, 0.5) is 8.78 Å². The molecule has 0 saturated carbocycles. The number of aliphatic imine (C=N–C) groups is 1. The van der Waals surface area contributed by atoms with Gasteiger partial charge in [0.25, 0.3) is 0 Å². The molecule has 0 spiro atoms. The van der Waals surface area contributed by atoms with Crippen LogP contribution in [0.3, 0.4) is 0 Å². The van der Waals surface area contributed by atoms with Gasteiger partial charge in [0, 0.05) is 38.3 Å². The molecule has 2 N–H and O–H groups in total. The smallest absolute Gasteiger partial charge is 0.191 e. The summed E-state index contributed by atoms with van der Waals surface area (Å²) < 4.78 is 37.2. The first-order chi connectivity index (χ1) is 14.0. The van der Waals surface area contributed by atoms with Gasteiger partial charge in [-0.05, 0) is 45.7 Å². The number of nitrogens with one attached hydrogen (secondary N) is 2. The van der Waals surface area contributed by atoms with Crippen LogP contribution in [0, 0.1) is 11.6 Å². The van der Waals surface area contributed by atoms with Gasteiger partial charge in [-0.3, -0.25) is 0 Å². The van der Waals surface area contributed by atoms with E-state index in [9.17, 15) is 8.78 Å². The highest BCUT2D eigenvalue weighted by molar-refractivity contribution is 14.0. The van der Waals surface area contributed by atoms with E-state index in [4.69, 9.17) is 9.47 Å². The minimum Gasteiger partial charge on any atom is -0.492 e. The number of likely N-dealkylation sites (tertiary alicyclic amines) is 1. The lowest BCUT2D eigenvalue weighted by molar-refractivity contribution is 0.0532. The van der Waals surface area contributed by atoms with Crippen molar-refractivity contribution < 1.29 is 18.3 Å². The number of piperidine rings is 1. The van der Waals surface area contributed by atoms with Crippen molar-refractivity contribution in [3.05, 3.63) is 29.8 Å². The fourth-order valence-corrected chi connectivity index (χ4v) is 3.12. The summed E-state index contributed by atoms with van der Waals surface area (Å²) in [5.41, 5.74) is 0. The van der Waals surface area contributed by atoms with Crippen molar-refractivity contribution in [3.8, 4) is 5.75 Å². The third kappa shape index (κ3) is 10.2. The SMILES string of the molecule is CCNC(=NCCOc1ccc(F)c(F)c1)NC1CCN(CCOC(C)C)CC1.I. The van der Waals surface area contributed by atoms with Gasteiger partial charge in [0.05, 0.1) is 19.3 Å². The second-order valence-corrected chi connectivity index (χ2v) is 7.36. The zero-order chi connectivity index (χ0) is 21.1. The molecule has 0 unspecified atom stereocenters. The van der Waals surface area contributed by atoms with Crippen LogP contribution in [0.1, 0.15) is 33.6 Å². The van der Waals surface area contributed by atoms with Crippen LogP contribution in [0.25, 0.3) is 0 Å². The average molecular weight is 540 g/mol. The molecule has 1 aromatic carbocycles. The number of nitrogens with zero attached hydrogens (tertiary/aromatic N) is 2. The highest BCUT2D eigenvalue weighted by atomic mass is 127. The molecule has 0 aromatic heterocycles. The summed E-state index contributed by atoms with van der Waals surface area (Å²) in [6.45, 7) is 11.4. The van der Waals surface area contributed by atoms with Crippen LogP contribution in [-0.4, -0.2) is 68.9 Å². The second kappa shape index (κ2) is 14.7. The Morgan fingerprint density at radius 3 is 2.57 bits per heavy atom. The quantitative estimate of drug-likeness (QED) is 0.206. The summed E-state index contributed by atoms with van der Waals surface area (Å²) in [6, 6.07) is 3.89. The number of halogens is 3. The maximum Gasteiger partial charge on any atom is 0.191 e. The van der Waals surface area contributed by atoms with Crippen molar-refractivity contribution in [2.45, 2.75) is 45.8 Å². The molecule has 30 heavy (non-hydrogen) atoms. The molecule has 1 aliphatic heterocycles. The van der Waals surface area contributed by atoms with Gasteiger partial charge >= 0.3 is 0 Å². The topological polar surface area (TPSA) is 58.1 Å². The number of benzene rings is 1. The lowest BCUT2D eigenvalue weighted by Gasteiger charge is -2.33. The first kappa shape index (κ1) is 26.8. The molecule has 1 aliphatic rings. The second-order valence-electron chi connectivity index (χ2n) is 7.36. The number of hydrogen-bond acceptors (Lipinski definition) is 4. The Labute approximate surface area is 195 Å². The van der Waals surface area contributed by atoms with E-state index in [2.05, 4.69) is 34.4 Å². The fourth-order valence-electron chi connectivity index (χ4n) is 3.12. The molecule has 0 atom stereocenters. The Morgan fingerprint density at radius 2 is 1.93 bits per heavy atom. The van der Waals surface area contributed by atoms with Crippen molar-refractivity contribution in [1.29, 1.82) is 0 Å². The summed E-state index contributed by atoms with van der Waals surface area (Å²) in [5.74, 6) is -0.746. The van der Waals surface area contributed by atoms with E-state index in [0.29, 0.717) is 18.3 Å². The highest BCUT2D eigenvalue weighted by Gasteiger charge is 2.19. The summed E-state index contributed by atoms with van der Waals surface area (Å²) in [5, 5.41) is 6.73. The standard InChI is InChI=1S/C21H34F2N4O2.HI/c1-4-24-21(25-9-13-29-18-5-6-19(22)20(23)15-18)26-17-7-10-27(11-8-17)12-14-28-16(2)3;/h5-6,15-17H,4,7-14H2,1-3H3,(H2,24,25,26);1H. The molecule has 1 fully saturated rings. The van der Waals surface area contributed by atoms with Crippen molar-refractivity contribution in [2.75, 3.05) is 45.9 Å². The molecular weight excluding hydrogens is 505 g/mol. The largest absolute Gasteiger partial charge is 0.492 e. The third-order valence-corrected chi connectivity index (χ3v) is 4.65. The van der Waals surface area contributed by atoms with Crippen LogP contribution >= 0.6 is 24.0 Å². The van der Waals surface area contributed by atoms with Crippen LogP contribution in [-0.2, 0) is 4.74 Å². The minimum atomic E-state index is -0.914. The Morgan fingerprint density at radius 1 is 1.20 bits per heavy atom. The summed E-state index contributed by atoms with van der Waals surface area (Å²) in [7, 11) is 0. The van der Waals surface area contributed by atoms with Crippen molar-refractivity contribution in [2.24, 2.45) is 4.99 Å². The predicted molar refractivity (Wildman–Crippen MR) is 127 cm³/mol. The maximum absolute atomic E-state index is 13.2. The third-order valence-electron chi connectivity index (χ3n) is 4.65. The van der Waals surface area contributed by atoms with Crippen LogP contribution in [0.15, 0.2) is 23.2 Å². The van der Waals surface area contributed by atoms with E-state index in [1.165, 1.54) is 6.07 Å². The lowest BCUT2D eigenvalue weighted by atomic mass is 10.1. The molecule has 9 heteroatoms. The molecule has 6 nitrogen and oxygen atoms in total. The van der Waals surface area contributed by atoms with Crippen LogP contribution < -0.4 is 15.4 Å².